The summed E-state index contributed by atoms with van der Waals surface area (Å²) < 4.78 is 20.4. The van der Waals surface area contributed by atoms with Gasteiger partial charge < -0.3 is 9.84 Å². The van der Waals surface area contributed by atoms with Crippen LogP contribution < -0.4 is 5.32 Å². The SMILES string of the molecule is CCn1ccc(C(C)NC(=O)c2cc(-c3ccc(F)cc3)nc3onc(C)c23)n1. The van der Waals surface area contributed by atoms with Crippen LogP contribution in [0, 0.1) is 12.7 Å². The normalized spacial score (nSPS) is 12.3. The molecule has 0 spiro atoms. The number of amides is 1. The van der Waals surface area contributed by atoms with Crippen LogP contribution in [0.15, 0.2) is 47.1 Å². The van der Waals surface area contributed by atoms with Crippen LogP contribution in [-0.4, -0.2) is 25.8 Å². The van der Waals surface area contributed by atoms with Gasteiger partial charge in [-0.2, -0.15) is 5.10 Å². The van der Waals surface area contributed by atoms with Crippen molar-refractivity contribution in [3.05, 3.63) is 65.4 Å². The van der Waals surface area contributed by atoms with E-state index < -0.39 is 0 Å². The van der Waals surface area contributed by atoms with Gasteiger partial charge >= 0.3 is 0 Å². The maximum Gasteiger partial charge on any atom is 0.259 e. The highest BCUT2D eigenvalue weighted by atomic mass is 19.1. The average Bonchev–Trinajstić information content (AvgIpc) is 3.35. The smallest absolute Gasteiger partial charge is 0.259 e. The van der Waals surface area contributed by atoms with E-state index in [1.807, 2.05) is 26.1 Å². The number of hydrogen-bond donors (Lipinski definition) is 1. The van der Waals surface area contributed by atoms with Crippen LogP contribution in [-0.2, 0) is 6.54 Å². The molecule has 3 heterocycles. The number of aromatic nitrogens is 4. The Labute approximate surface area is 166 Å². The molecular weight excluding hydrogens is 373 g/mol. The highest BCUT2D eigenvalue weighted by Crippen LogP contribution is 2.27. The van der Waals surface area contributed by atoms with Gasteiger partial charge in [-0.15, -0.1) is 0 Å². The van der Waals surface area contributed by atoms with Crippen LogP contribution >= 0.6 is 0 Å². The third kappa shape index (κ3) is 3.61. The van der Waals surface area contributed by atoms with Crippen molar-refractivity contribution in [2.75, 3.05) is 0 Å². The summed E-state index contributed by atoms with van der Waals surface area (Å²) in [6.07, 6.45) is 1.87. The number of carbonyl (C=O) groups excluding carboxylic acids is 1. The van der Waals surface area contributed by atoms with Gasteiger partial charge in [0, 0.05) is 18.3 Å². The third-order valence-electron chi connectivity index (χ3n) is 4.78. The van der Waals surface area contributed by atoms with Crippen molar-refractivity contribution in [3.63, 3.8) is 0 Å². The van der Waals surface area contributed by atoms with Crippen LogP contribution in [0.1, 0.15) is 41.6 Å². The highest BCUT2D eigenvalue weighted by Gasteiger charge is 2.21. The van der Waals surface area contributed by atoms with Crippen LogP contribution in [0.25, 0.3) is 22.4 Å². The van der Waals surface area contributed by atoms with Crippen molar-refractivity contribution in [2.45, 2.75) is 33.4 Å². The van der Waals surface area contributed by atoms with E-state index in [2.05, 4.69) is 20.6 Å². The van der Waals surface area contributed by atoms with Crippen molar-refractivity contribution in [1.82, 2.24) is 25.2 Å². The number of aryl methyl sites for hydroxylation is 2. The first-order valence-corrected chi connectivity index (χ1v) is 9.33. The molecule has 4 aromatic rings. The Bertz CT molecular complexity index is 1180. The Morgan fingerprint density at radius 3 is 2.72 bits per heavy atom. The molecule has 0 saturated carbocycles. The number of rotatable bonds is 5. The number of hydrogen-bond acceptors (Lipinski definition) is 5. The summed E-state index contributed by atoms with van der Waals surface area (Å²) in [4.78, 5) is 17.5. The molecule has 29 heavy (non-hydrogen) atoms. The largest absolute Gasteiger partial charge is 0.344 e. The second-order valence-electron chi connectivity index (χ2n) is 6.80. The minimum absolute atomic E-state index is 0.261. The molecule has 0 aliphatic heterocycles. The van der Waals surface area contributed by atoms with Gasteiger partial charge in [0.25, 0.3) is 11.6 Å². The average molecular weight is 393 g/mol. The number of carbonyl (C=O) groups is 1. The Hall–Kier alpha value is -3.55. The van der Waals surface area contributed by atoms with Gasteiger partial charge in [-0.1, -0.05) is 5.16 Å². The van der Waals surface area contributed by atoms with Crippen molar-refractivity contribution in [2.24, 2.45) is 0 Å². The zero-order valence-electron chi connectivity index (χ0n) is 16.3. The Balaban J connectivity index is 1.72. The predicted octanol–water partition coefficient (Wildman–Crippen LogP) is 4.04. The molecule has 1 amide bonds. The maximum absolute atomic E-state index is 13.3. The van der Waals surface area contributed by atoms with Crippen LogP contribution in [0.2, 0.25) is 0 Å². The molecule has 1 unspecified atom stereocenters. The lowest BCUT2D eigenvalue weighted by Crippen LogP contribution is -2.27. The molecule has 0 bridgehead atoms. The first kappa shape index (κ1) is 18.8. The summed E-state index contributed by atoms with van der Waals surface area (Å²) in [6, 6.07) is 9.17. The standard InChI is InChI=1S/C21H20FN5O2/c1-4-27-10-9-17(25-27)12(2)23-20(28)16-11-18(14-5-7-15(22)8-6-14)24-21-19(16)13(3)26-29-21/h5-12H,4H2,1-3H3,(H,23,28). The van der Waals surface area contributed by atoms with Gasteiger partial charge in [0.15, 0.2) is 0 Å². The second-order valence-corrected chi connectivity index (χ2v) is 6.80. The van der Waals surface area contributed by atoms with Crippen molar-refractivity contribution >= 4 is 17.0 Å². The van der Waals surface area contributed by atoms with Crippen molar-refractivity contribution in [1.29, 1.82) is 0 Å². The van der Waals surface area contributed by atoms with Crippen LogP contribution in [0.4, 0.5) is 4.39 Å². The predicted molar refractivity (Wildman–Crippen MR) is 106 cm³/mol. The number of pyridine rings is 1. The van der Waals surface area contributed by atoms with Gasteiger partial charge in [0.05, 0.1) is 34.1 Å². The molecule has 0 aliphatic carbocycles. The molecule has 0 saturated heterocycles. The third-order valence-corrected chi connectivity index (χ3v) is 4.78. The number of halogens is 1. The van der Waals surface area contributed by atoms with Crippen molar-refractivity contribution < 1.29 is 13.7 Å². The fourth-order valence-electron chi connectivity index (χ4n) is 3.18. The molecule has 3 aromatic heterocycles. The fourth-order valence-corrected chi connectivity index (χ4v) is 3.18. The summed E-state index contributed by atoms with van der Waals surface area (Å²) in [5.41, 5.74) is 3.18. The first-order valence-electron chi connectivity index (χ1n) is 9.33. The van der Waals surface area contributed by atoms with Gasteiger partial charge in [-0.3, -0.25) is 9.48 Å². The monoisotopic (exact) mass is 393 g/mol. The minimum atomic E-state index is -0.344. The molecule has 1 N–H and O–H groups in total. The van der Waals surface area contributed by atoms with Crippen molar-refractivity contribution in [3.8, 4) is 11.3 Å². The number of nitrogens with zero attached hydrogens (tertiary/aromatic N) is 4. The lowest BCUT2D eigenvalue weighted by atomic mass is 10.0. The van der Waals surface area contributed by atoms with E-state index in [1.165, 1.54) is 12.1 Å². The number of nitrogens with one attached hydrogen (secondary N) is 1. The first-order chi connectivity index (χ1) is 14.0. The van der Waals surface area contributed by atoms with Gasteiger partial charge in [-0.25, -0.2) is 9.37 Å². The molecule has 148 valence electrons. The Kier molecular flexibility index (Phi) is 4.84. The van der Waals surface area contributed by atoms with E-state index in [-0.39, 0.29) is 23.5 Å². The number of fused-ring (bicyclic) bond motifs is 1. The summed E-state index contributed by atoms with van der Waals surface area (Å²) >= 11 is 0. The lowest BCUT2D eigenvalue weighted by molar-refractivity contribution is 0.0940. The summed E-state index contributed by atoms with van der Waals surface area (Å²) in [7, 11) is 0. The van der Waals surface area contributed by atoms with E-state index in [1.54, 1.807) is 29.8 Å². The molecule has 0 radical (unpaired) electrons. The zero-order chi connectivity index (χ0) is 20.5. The molecular formula is C21H20FN5O2. The van der Waals surface area contributed by atoms with E-state index in [9.17, 15) is 9.18 Å². The molecule has 0 fully saturated rings. The maximum atomic E-state index is 13.3. The van der Waals surface area contributed by atoms with Crippen LogP contribution in [0.5, 0.6) is 0 Å². The minimum Gasteiger partial charge on any atom is -0.344 e. The molecule has 1 atom stereocenters. The quantitative estimate of drug-likeness (QED) is 0.553. The zero-order valence-corrected chi connectivity index (χ0v) is 16.3. The topological polar surface area (TPSA) is 85.8 Å². The summed E-state index contributed by atoms with van der Waals surface area (Å²) in [5.74, 6) is -0.630. The molecule has 1 aromatic carbocycles. The highest BCUT2D eigenvalue weighted by molar-refractivity contribution is 6.07. The lowest BCUT2D eigenvalue weighted by Gasteiger charge is -2.13. The summed E-state index contributed by atoms with van der Waals surface area (Å²) in [6.45, 7) is 6.39. The molecule has 7 nitrogen and oxygen atoms in total. The Morgan fingerprint density at radius 2 is 2.03 bits per heavy atom. The summed E-state index contributed by atoms with van der Waals surface area (Å²) in [5, 5.41) is 11.9. The van der Waals surface area contributed by atoms with Gasteiger partial charge in [-0.05, 0) is 57.2 Å². The van der Waals surface area contributed by atoms with Gasteiger partial charge in [0.1, 0.15) is 5.82 Å². The fraction of sp³-hybridized carbons (Fsp3) is 0.238. The van der Waals surface area contributed by atoms with Gasteiger partial charge in [0.2, 0.25) is 0 Å². The Morgan fingerprint density at radius 1 is 1.28 bits per heavy atom. The van der Waals surface area contributed by atoms with E-state index in [0.29, 0.717) is 27.9 Å². The number of benzene rings is 1. The van der Waals surface area contributed by atoms with E-state index in [4.69, 9.17) is 4.52 Å². The molecule has 4 rings (SSSR count). The van der Waals surface area contributed by atoms with E-state index in [0.717, 1.165) is 12.2 Å². The van der Waals surface area contributed by atoms with E-state index >= 15 is 0 Å². The molecule has 0 aliphatic rings. The second kappa shape index (κ2) is 7.46. The molecule has 8 heteroatoms. The van der Waals surface area contributed by atoms with Crippen LogP contribution in [0.3, 0.4) is 0 Å².